The van der Waals surface area contributed by atoms with E-state index in [0.29, 0.717) is 5.56 Å². The first-order valence-electron chi connectivity index (χ1n) is 6.79. The van der Waals surface area contributed by atoms with Gasteiger partial charge in [-0.25, -0.2) is 0 Å². The Morgan fingerprint density at radius 2 is 2.11 bits per heavy atom. The molecule has 0 spiro atoms. The lowest BCUT2D eigenvalue weighted by Gasteiger charge is -2.26. The summed E-state index contributed by atoms with van der Waals surface area (Å²) in [5.41, 5.74) is 0.648. The maximum absolute atomic E-state index is 12.5. The lowest BCUT2D eigenvalue weighted by atomic mass is 9.82. The zero-order valence-corrected chi connectivity index (χ0v) is 13.0. The second-order valence-electron chi connectivity index (χ2n) is 5.35. The Morgan fingerprint density at radius 1 is 1.42 bits per heavy atom. The van der Waals surface area contributed by atoms with Gasteiger partial charge in [-0.05, 0) is 42.9 Å². The first-order valence-corrected chi connectivity index (χ1v) is 7.58. The van der Waals surface area contributed by atoms with Crippen LogP contribution >= 0.6 is 15.9 Å². The van der Waals surface area contributed by atoms with Gasteiger partial charge < -0.3 is 10.0 Å². The molecule has 1 aromatic carbocycles. The maximum atomic E-state index is 12.5. The fourth-order valence-electron chi connectivity index (χ4n) is 2.79. The Morgan fingerprint density at radius 3 is 2.68 bits per heavy atom. The zero-order chi connectivity index (χ0) is 14.0. The molecule has 0 bridgehead atoms. The van der Waals surface area contributed by atoms with E-state index < -0.39 is 0 Å². The minimum absolute atomic E-state index is 0.0543. The van der Waals surface area contributed by atoms with Crippen LogP contribution in [0.1, 0.15) is 43.5 Å². The van der Waals surface area contributed by atoms with E-state index in [2.05, 4.69) is 29.8 Å². The first kappa shape index (κ1) is 14.4. The number of halogens is 1. The molecule has 1 aromatic rings. The van der Waals surface area contributed by atoms with Crippen LogP contribution in [0.3, 0.4) is 0 Å². The third-order valence-corrected chi connectivity index (χ3v) is 4.91. The Balaban J connectivity index is 2.20. The van der Waals surface area contributed by atoms with Crippen LogP contribution in [-0.2, 0) is 0 Å². The van der Waals surface area contributed by atoms with Gasteiger partial charge in [0, 0.05) is 17.6 Å². The van der Waals surface area contributed by atoms with Gasteiger partial charge in [0.15, 0.2) is 0 Å². The number of benzene rings is 1. The SMILES string of the molecule is CCC1(CC)CCN(C(=O)c2cc(Br)ccc2O)C1. The van der Waals surface area contributed by atoms with Crippen LogP contribution in [-0.4, -0.2) is 29.0 Å². The van der Waals surface area contributed by atoms with Crippen molar-refractivity contribution in [1.82, 2.24) is 4.90 Å². The van der Waals surface area contributed by atoms with E-state index in [-0.39, 0.29) is 17.1 Å². The summed E-state index contributed by atoms with van der Waals surface area (Å²) < 4.78 is 0.810. The first-order chi connectivity index (χ1) is 9.01. The molecule has 0 radical (unpaired) electrons. The molecule has 0 atom stereocenters. The molecule has 104 valence electrons. The van der Waals surface area contributed by atoms with Crippen LogP contribution in [0.25, 0.3) is 0 Å². The van der Waals surface area contributed by atoms with E-state index in [1.807, 2.05) is 4.90 Å². The van der Waals surface area contributed by atoms with Crippen molar-refractivity contribution in [3.8, 4) is 5.75 Å². The van der Waals surface area contributed by atoms with Crippen molar-refractivity contribution in [3.63, 3.8) is 0 Å². The largest absolute Gasteiger partial charge is 0.507 e. The average molecular weight is 326 g/mol. The summed E-state index contributed by atoms with van der Waals surface area (Å²) in [6.45, 7) is 5.96. The Labute approximate surface area is 122 Å². The predicted molar refractivity (Wildman–Crippen MR) is 79.3 cm³/mol. The van der Waals surface area contributed by atoms with Crippen molar-refractivity contribution in [3.05, 3.63) is 28.2 Å². The number of phenols is 1. The average Bonchev–Trinajstić information content (AvgIpc) is 2.86. The van der Waals surface area contributed by atoms with Crippen molar-refractivity contribution in [2.24, 2.45) is 5.41 Å². The van der Waals surface area contributed by atoms with Crippen molar-refractivity contribution < 1.29 is 9.90 Å². The van der Waals surface area contributed by atoms with Crippen LogP contribution < -0.4 is 0 Å². The number of hydrogen-bond donors (Lipinski definition) is 1. The Hall–Kier alpha value is -1.03. The lowest BCUT2D eigenvalue weighted by Crippen LogP contribution is -2.31. The highest BCUT2D eigenvalue weighted by molar-refractivity contribution is 9.10. The number of likely N-dealkylation sites (tertiary alicyclic amines) is 1. The molecule has 1 aliphatic heterocycles. The third kappa shape index (κ3) is 2.78. The monoisotopic (exact) mass is 325 g/mol. The van der Waals surface area contributed by atoms with Crippen LogP contribution in [0, 0.1) is 5.41 Å². The molecule has 1 aliphatic rings. The predicted octanol–water partition coefficient (Wildman–Crippen LogP) is 3.81. The van der Waals surface area contributed by atoms with Gasteiger partial charge in [-0.3, -0.25) is 4.79 Å². The summed E-state index contributed by atoms with van der Waals surface area (Å²) in [6.07, 6.45) is 3.25. The van der Waals surface area contributed by atoms with Crippen molar-refractivity contribution in [2.45, 2.75) is 33.1 Å². The lowest BCUT2D eigenvalue weighted by molar-refractivity contribution is 0.0767. The van der Waals surface area contributed by atoms with E-state index >= 15 is 0 Å². The fourth-order valence-corrected chi connectivity index (χ4v) is 3.15. The smallest absolute Gasteiger partial charge is 0.257 e. The van der Waals surface area contributed by atoms with Crippen molar-refractivity contribution in [2.75, 3.05) is 13.1 Å². The Kier molecular flexibility index (Phi) is 4.19. The van der Waals surface area contributed by atoms with Crippen LogP contribution in [0.4, 0.5) is 0 Å². The molecule has 19 heavy (non-hydrogen) atoms. The molecule has 0 saturated carbocycles. The summed E-state index contributed by atoms with van der Waals surface area (Å²) in [5, 5.41) is 9.84. The van der Waals surface area contributed by atoms with E-state index in [1.54, 1.807) is 18.2 Å². The summed E-state index contributed by atoms with van der Waals surface area (Å²) in [5.74, 6) is -0.0127. The molecule has 1 fully saturated rings. The van der Waals surface area contributed by atoms with Crippen LogP contribution in [0.5, 0.6) is 5.75 Å². The minimum Gasteiger partial charge on any atom is -0.507 e. The summed E-state index contributed by atoms with van der Waals surface area (Å²) >= 11 is 3.34. The summed E-state index contributed by atoms with van der Waals surface area (Å²) in [7, 11) is 0. The van der Waals surface area contributed by atoms with Gasteiger partial charge in [0.25, 0.3) is 5.91 Å². The van der Waals surface area contributed by atoms with Gasteiger partial charge >= 0.3 is 0 Å². The van der Waals surface area contributed by atoms with E-state index in [9.17, 15) is 9.90 Å². The standard InChI is InChI=1S/C15H20BrNO2/c1-3-15(4-2)7-8-17(10-15)14(19)12-9-11(16)5-6-13(12)18/h5-6,9,18H,3-4,7-8,10H2,1-2H3. The van der Waals surface area contributed by atoms with Crippen molar-refractivity contribution in [1.29, 1.82) is 0 Å². The van der Waals surface area contributed by atoms with E-state index in [4.69, 9.17) is 0 Å². The van der Waals surface area contributed by atoms with Gasteiger partial charge in [-0.1, -0.05) is 29.8 Å². The molecule has 1 saturated heterocycles. The molecule has 0 aliphatic carbocycles. The summed E-state index contributed by atoms with van der Waals surface area (Å²) in [4.78, 5) is 14.4. The quantitative estimate of drug-likeness (QED) is 0.918. The van der Waals surface area contributed by atoms with Gasteiger partial charge in [-0.2, -0.15) is 0 Å². The zero-order valence-electron chi connectivity index (χ0n) is 11.4. The normalized spacial score (nSPS) is 17.7. The van der Waals surface area contributed by atoms with Crippen LogP contribution in [0.15, 0.2) is 22.7 Å². The highest BCUT2D eigenvalue weighted by Crippen LogP contribution is 2.38. The number of rotatable bonds is 3. The number of carbonyl (C=O) groups excluding carboxylic acids is 1. The number of amides is 1. The van der Waals surface area contributed by atoms with E-state index in [0.717, 1.165) is 36.8 Å². The van der Waals surface area contributed by atoms with Crippen molar-refractivity contribution >= 4 is 21.8 Å². The second kappa shape index (κ2) is 5.53. The molecular weight excluding hydrogens is 306 g/mol. The minimum atomic E-state index is -0.0671. The Bertz CT molecular complexity index is 483. The second-order valence-corrected chi connectivity index (χ2v) is 6.26. The molecule has 1 N–H and O–H groups in total. The third-order valence-electron chi connectivity index (χ3n) is 4.41. The molecule has 0 unspecified atom stereocenters. The highest BCUT2D eigenvalue weighted by Gasteiger charge is 2.37. The fraction of sp³-hybridized carbons (Fsp3) is 0.533. The molecule has 4 heteroatoms. The topological polar surface area (TPSA) is 40.5 Å². The van der Waals surface area contributed by atoms with Gasteiger partial charge in [0.05, 0.1) is 5.56 Å². The van der Waals surface area contributed by atoms with Crippen LogP contribution in [0.2, 0.25) is 0 Å². The van der Waals surface area contributed by atoms with E-state index in [1.165, 1.54) is 0 Å². The number of nitrogens with zero attached hydrogens (tertiary/aromatic N) is 1. The van der Waals surface area contributed by atoms with Gasteiger partial charge in [0.1, 0.15) is 5.75 Å². The molecule has 2 rings (SSSR count). The number of aromatic hydroxyl groups is 1. The molecule has 1 heterocycles. The summed E-state index contributed by atoms with van der Waals surface area (Å²) in [6, 6.07) is 4.98. The molecule has 1 amide bonds. The number of carbonyl (C=O) groups is 1. The number of hydrogen-bond acceptors (Lipinski definition) is 2. The molecule has 3 nitrogen and oxygen atoms in total. The number of phenolic OH excluding ortho intramolecular Hbond substituents is 1. The highest BCUT2D eigenvalue weighted by atomic mass is 79.9. The van der Waals surface area contributed by atoms with Gasteiger partial charge in [-0.15, -0.1) is 0 Å². The molecule has 0 aromatic heterocycles. The molecular formula is C15H20BrNO2. The van der Waals surface area contributed by atoms with Gasteiger partial charge in [0.2, 0.25) is 0 Å². The maximum Gasteiger partial charge on any atom is 0.257 e.